The number of unbranched alkanes of at least 4 members (excludes halogenated alkanes) is 1. The van der Waals surface area contributed by atoms with Crippen molar-refractivity contribution in [1.29, 1.82) is 0 Å². The molecule has 0 saturated carbocycles. The predicted octanol–water partition coefficient (Wildman–Crippen LogP) is 0.545. The molecule has 0 aliphatic carbocycles. The summed E-state index contributed by atoms with van der Waals surface area (Å²) in [5.41, 5.74) is 0. The number of terminal acetylenes is 1. The Labute approximate surface area is 126 Å². The van der Waals surface area contributed by atoms with Gasteiger partial charge in [-0.15, -0.1) is 12.3 Å². The van der Waals surface area contributed by atoms with Gasteiger partial charge >= 0.3 is 0 Å². The highest BCUT2D eigenvalue weighted by atomic mass is 16.5. The molecule has 0 fully saturated rings. The van der Waals surface area contributed by atoms with Gasteiger partial charge in [0.05, 0.1) is 39.6 Å². The standard InChI is InChI=1S/C15H25NO5/c1-2-3-4-6-15(18)16-7-10-20-12-14-21-13-11-19-9-5-8-17/h1,8H,3-7,9-14H2,(H,16,18). The highest BCUT2D eigenvalue weighted by Gasteiger charge is 1.99. The van der Waals surface area contributed by atoms with Crippen molar-refractivity contribution < 1.29 is 23.8 Å². The molecule has 1 amide bonds. The molecule has 120 valence electrons. The van der Waals surface area contributed by atoms with Crippen LogP contribution in [-0.2, 0) is 23.8 Å². The van der Waals surface area contributed by atoms with Crippen LogP contribution in [0.1, 0.15) is 25.7 Å². The van der Waals surface area contributed by atoms with E-state index in [4.69, 9.17) is 20.6 Å². The van der Waals surface area contributed by atoms with Gasteiger partial charge in [-0.2, -0.15) is 0 Å². The Kier molecular flexibility index (Phi) is 15.5. The molecule has 0 bridgehead atoms. The Balaban J connectivity index is 3.10. The van der Waals surface area contributed by atoms with E-state index in [2.05, 4.69) is 11.2 Å². The van der Waals surface area contributed by atoms with E-state index in [9.17, 15) is 9.59 Å². The zero-order chi connectivity index (χ0) is 15.6. The summed E-state index contributed by atoms with van der Waals surface area (Å²) in [6.45, 7) is 3.29. The van der Waals surface area contributed by atoms with Gasteiger partial charge in [0.2, 0.25) is 5.91 Å². The number of carbonyl (C=O) groups excluding carboxylic acids is 2. The number of ether oxygens (including phenoxy) is 3. The van der Waals surface area contributed by atoms with Crippen LogP contribution in [0.2, 0.25) is 0 Å². The normalized spacial score (nSPS) is 10.0. The van der Waals surface area contributed by atoms with Crippen LogP contribution in [-0.4, -0.2) is 58.4 Å². The summed E-state index contributed by atoms with van der Waals surface area (Å²) in [4.78, 5) is 21.3. The van der Waals surface area contributed by atoms with Gasteiger partial charge in [0.25, 0.3) is 0 Å². The first kappa shape index (κ1) is 19.6. The highest BCUT2D eigenvalue weighted by molar-refractivity contribution is 5.75. The van der Waals surface area contributed by atoms with E-state index >= 15 is 0 Å². The van der Waals surface area contributed by atoms with Crippen molar-refractivity contribution >= 4 is 12.2 Å². The fourth-order valence-corrected chi connectivity index (χ4v) is 1.38. The second-order valence-electron chi connectivity index (χ2n) is 4.20. The fourth-order valence-electron chi connectivity index (χ4n) is 1.38. The van der Waals surface area contributed by atoms with Gasteiger partial charge in [0, 0.05) is 25.8 Å². The molecule has 0 unspecified atom stereocenters. The molecular formula is C15H25NO5. The summed E-state index contributed by atoms with van der Waals surface area (Å²) in [6, 6.07) is 0. The molecule has 6 heteroatoms. The summed E-state index contributed by atoms with van der Waals surface area (Å²) in [7, 11) is 0. The minimum atomic E-state index is -0.00225. The van der Waals surface area contributed by atoms with Gasteiger partial charge in [-0.05, 0) is 6.42 Å². The quantitative estimate of drug-likeness (QED) is 0.271. The van der Waals surface area contributed by atoms with Crippen LogP contribution in [0.25, 0.3) is 0 Å². The number of amides is 1. The average Bonchev–Trinajstić information content (AvgIpc) is 2.48. The van der Waals surface area contributed by atoms with Crippen molar-refractivity contribution in [3.63, 3.8) is 0 Å². The molecule has 1 N–H and O–H groups in total. The lowest BCUT2D eigenvalue weighted by molar-refractivity contribution is -0.121. The number of hydrogen-bond donors (Lipinski definition) is 1. The highest BCUT2D eigenvalue weighted by Crippen LogP contribution is 1.92. The lowest BCUT2D eigenvalue weighted by Crippen LogP contribution is -2.27. The minimum Gasteiger partial charge on any atom is -0.379 e. The van der Waals surface area contributed by atoms with Gasteiger partial charge in [0.15, 0.2) is 0 Å². The predicted molar refractivity (Wildman–Crippen MR) is 78.8 cm³/mol. The van der Waals surface area contributed by atoms with E-state index in [1.54, 1.807) is 0 Å². The summed E-state index contributed by atoms with van der Waals surface area (Å²) in [5, 5.41) is 2.75. The Morgan fingerprint density at radius 1 is 1.05 bits per heavy atom. The smallest absolute Gasteiger partial charge is 0.220 e. The summed E-state index contributed by atoms with van der Waals surface area (Å²) in [6.07, 6.45) is 8.13. The molecule has 21 heavy (non-hydrogen) atoms. The molecule has 0 heterocycles. The van der Waals surface area contributed by atoms with E-state index in [1.165, 1.54) is 0 Å². The Bertz CT molecular complexity index is 301. The molecule has 0 radical (unpaired) electrons. The average molecular weight is 299 g/mol. The first-order valence-electron chi connectivity index (χ1n) is 7.18. The molecule has 0 aliphatic heterocycles. The molecule has 0 spiro atoms. The van der Waals surface area contributed by atoms with Gasteiger partial charge in [-0.3, -0.25) is 4.79 Å². The monoisotopic (exact) mass is 299 g/mol. The Morgan fingerprint density at radius 3 is 2.29 bits per heavy atom. The van der Waals surface area contributed by atoms with Gasteiger partial charge in [-0.25, -0.2) is 0 Å². The third kappa shape index (κ3) is 16.5. The zero-order valence-electron chi connectivity index (χ0n) is 12.5. The van der Waals surface area contributed by atoms with Crippen LogP contribution in [0.4, 0.5) is 0 Å². The molecule has 0 aromatic carbocycles. The van der Waals surface area contributed by atoms with Crippen molar-refractivity contribution in [1.82, 2.24) is 5.32 Å². The molecule has 0 aliphatic rings. The lowest BCUT2D eigenvalue weighted by atomic mass is 10.2. The second-order valence-corrected chi connectivity index (χ2v) is 4.20. The molecule has 0 saturated heterocycles. The van der Waals surface area contributed by atoms with E-state index in [0.717, 1.165) is 6.29 Å². The first-order chi connectivity index (χ1) is 10.3. The first-order valence-corrected chi connectivity index (χ1v) is 7.18. The van der Waals surface area contributed by atoms with Crippen LogP contribution in [0, 0.1) is 12.3 Å². The van der Waals surface area contributed by atoms with Crippen LogP contribution in [0.3, 0.4) is 0 Å². The van der Waals surface area contributed by atoms with Gasteiger partial charge < -0.3 is 24.3 Å². The molecule has 0 rings (SSSR count). The number of nitrogens with one attached hydrogen (secondary N) is 1. The largest absolute Gasteiger partial charge is 0.379 e. The number of rotatable bonds is 15. The third-order valence-corrected chi connectivity index (χ3v) is 2.42. The number of aldehydes is 1. The van der Waals surface area contributed by atoms with Gasteiger partial charge in [0.1, 0.15) is 6.29 Å². The fraction of sp³-hybridized carbons (Fsp3) is 0.733. The SMILES string of the molecule is C#CCCCC(=O)NCCOCCOCCOCCC=O. The third-order valence-electron chi connectivity index (χ3n) is 2.42. The molecule has 0 aromatic rings. The molecular weight excluding hydrogens is 274 g/mol. The topological polar surface area (TPSA) is 73.9 Å². The Morgan fingerprint density at radius 2 is 1.67 bits per heavy atom. The Hall–Kier alpha value is -1.42. The number of carbonyl (C=O) groups is 2. The van der Waals surface area contributed by atoms with Crippen molar-refractivity contribution in [3.8, 4) is 12.3 Å². The van der Waals surface area contributed by atoms with Crippen molar-refractivity contribution in [2.24, 2.45) is 0 Å². The second kappa shape index (κ2) is 16.6. The molecule has 0 atom stereocenters. The molecule has 6 nitrogen and oxygen atoms in total. The lowest BCUT2D eigenvalue weighted by Gasteiger charge is -2.07. The summed E-state index contributed by atoms with van der Waals surface area (Å²) < 4.78 is 15.7. The van der Waals surface area contributed by atoms with E-state index < -0.39 is 0 Å². The molecule has 0 aromatic heterocycles. The van der Waals surface area contributed by atoms with Crippen molar-refractivity contribution in [2.45, 2.75) is 25.7 Å². The summed E-state index contributed by atoms with van der Waals surface area (Å²) in [5.74, 6) is 2.49. The minimum absolute atomic E-state index is 0.00225. The van der Waals surface area contributed by atoms with Crippen LogP contribution >= 0.6 is 0 Å². The maximum Gasteiger partial charge on any atom is 0.220 e. The van der Waals surface area contributed by atoms with Crippen LogP contribution < -0.4 is 5.32 Å². The van der Waals surface area contributed by atoms with Crippen molar-refractivity contribution in [3.05, 3.63) is 0 Å². The number of hydrogen-bond acceptors (Lipinski definition) is 5. The zero-order valence-corrected chi connectivity index (χ0v) is 12.5. The summed E-state index contributed by atoms with van der Waals surface area (Å²) >= 11 is 0. The van der Waals surface area contributed by atoms with Gasteiger partial charge in [-0.1, -0.05) is 0 Å². The maximum absolute atomic E-state index is 11.3. The van der Waals surface area contributed by atoms with Crippen LogP contribution in [0.15, 0.2) is 0 Å². The van der Waals surface area contributed by atoms with Crippen LogP contribution in [0.5, 0.6) is 0 Å². The maximum atomic E-state index is 11.3. The van der Waals surface area contributed by atoms with Crippen molar-refractivity contribution in [2.75, 3.05) is 46.2 Å². The van der Waals surface area contributed by atoms with E-state index in [-0.39, 0.29) is 5.91 Å². The van der Waals surface area contributed by atoms with E-state index in [1.807, 2.05) is 0 Å². The van der Waals surface area contributed by atoms with E-state index in [0.29, 0.717) is 71.9 Å².